The number of thiazole rings is 1. The number of nitrogens with one attached hydrogen (secondary N) is 1. The van der Waals surface area contributed by atoms with Crippen LogP contribution in [-0.2, 0) is 6.54 Å². The second-order valence-electron chi connectivity index (χ2n) is 5.53. The highest BCUT2D eigenvalue weighted by Crippen LogP contribution is 2.33. The van der Waals surface area contributed by atoms with E-state index < -0.39 is 0 Å². The molecule has 1 aromatic heterocycles. The van der Waals surface area contributed by atoms with Crippen molar-refractivity contribution in [2.75, 3.05) is 26.2 Å². The molecule has 1 aliphatic carbocycles. The molecule has 0 bridgehead atoms. The lowest BCUT2D eigenvalue weighted by molar-refractivity contribution is 0.232. The van der Waals surface area contributed by atoms with Crippen LogP contribution in [0.25, 0.3) is 0 Å². The van der Waals surface area contributed by atoms with Gasteiger partial charge in [0.05, 0.1) is 12.2 Å². The van der Waals surface area contributed by atoms with Gasteiger partial charge in [0.25, 0.3) is 0 Å². The van der Waals surface area contributed by atoms with E-state index in [9.17, 15) is 0 Å². The van der Waals surface area contributed by atoms with Crippen LogP contribution in [0.15, 0.2) is 5.38 Å². The van der Waals surface area contributed by atoms with Gasteiger partial charge in [-0.15, -0.1) is 11.3 Å². The molecule has 2 fully saturated rings. The average Bonchev–Trinajstić information content (AvgIpc) is 2.89. The standard InChI is InChI=1S/C14H23N3S/c1-2-4-12(5-3-1)13-11-18-14(16-13)10-17-8-6-15-7-9-17/h11-12,15H,1-10H2. The van der Waals surface area contributed by atoms with Crippen molar-refractivity contribution >= 4 is 11.3 Å². The maximum absolute atomic E-state index is 4.88. The highest BCUT2D eigenvalue weighted by molar-refractivity contribution is 7.09. The van der Waals surface area contributed by atoms with Gasteiger partial charge in [0, 0.05) is 37.5 Å². The first-order chi connectivity index (χ1) is 8.92. The van der Waals surface area contributed by atoms with Crippen LogP contribution in [0.4, 0.5) is 0 Å². The SMILES string of the molecule is c1sc(CN2CCNCC2)nc1C1CCCCC1. The molecule has 0 spiro atoms. The lowest BCUT2D eigenvalue weighted by Gasteiger charge is -2.26. The van der Waals surface area contributed by atoms with E-state index in [4.69, 9.17) is 4.98 Å². The summed E-state index contributed by atoms with van der Waals surface area (Å²) in [7, 11) is 0. The Labute approximate surface area is 114 Å². The Bertz CT molecular complexity index is 365. The van der Waals surface area contributed by atoms with Crippen molar-refractivity contribution < 1.29 is 0 Å². The quantitative estimate of drug-likeness (QED) is 0.910. The van der Waals surface area contributed by atoms with Crippen molar-refractivity contribution in [2.45, 2.75) is 44.6 Å². The summed E-state index contributed by atoms with van der Waals surface area (Å²) in [5.41, 5.74) is 1.38. The molecule has 4 heteroatoms. The lowest BCUT2D eigenvalue weighted by atomic mass is 9.87. The van der Waals surface area contributed by atoms with E-state index in [-0.39, 0.29) is 0 Å². The molecule has 0 unspecified atom stereocenters. The predicted molar refractivity (Wildman–Crippen MR) is 76.1 cm³/mol. The topological polar surface area (TPSA) is 28.2 Å². The van der Waals surface area contributed by atoms with Crippen molar-refractivity contribution in [3.63, 3.8) is 0 Å². The van der Waals surface area contributed by atoms with Crippen molar-refractivity contribution in [2.24, 2.45) is 0 Å². The highest BCUT2D eigenvalue weighted by Gasteiger charge is 2.19. The van der Waals surface area contributed by atoms with E-state index >= 15 is 0 Å². The van der Waals surface area contributed by atoms with E-state index in [1.54, 1.807) is 0 Å². The van der Waals surface area contributed by atoms with Gasteiger partial charge in [0.1, 0.15) is 5.01 Å². The Morgan fingerprint density at radius 1 is 1.22 bits per heavy atom. The third-order valence-electron chi connectivity index (χ3n) is 4.16. The lowest BCUT2D eigenvalue weighted by Crippen LogP contribution is -2.42. The molecule has 100 valence electrons. The van der Waals surface area contributed by atoms with Gasteiger partial charge in [0.15, 0.2) is 0 Å². The van der Waals surface area contributed by atoms with Crippen LogP contribution in [0.5, 0.6) is 0 Å². The van der Waals surface area contributed by atoms with Crippen LogP contribution in [0.3, 0.4) is 0 Å². The minimum Gasteiger partial charge on any atom is -0.314 e. The molecule has 1 saturated carbocycles. The number of nitrogens with zero attached hydrogens (tertiary/aromatic N) is 2. The summed E-state index contributed by atoms with van der Waals surface area (Å²) in [4.78, 5) is 7.40. The molecule has 0 atom stereocenters. The van der Waals surface area contributed by atoms with Gasteiger partial charge >= 0.3 is 0 Å². The average molecular weight is 265 g/mol. The molecule has 1 aromatic rings. The summed E-state index contributed by atoms with van der Waals surface area (Å²) < 4.78 is 0. The third-order valence-corrected chi connectivity index (χ3v) is 5.01. The molecule has 1 N–H and O–H groups in total. The molecule has 2 aliphatic rings. The van der Waals surface area contributed by atoms with Crippen molar-refractivity contribution in [3.8, 4) is 0 Å². The Morgan fingerprint density at radius 3 is 2.78 bits per heavy atom. The second-order valence-corrected chi connectivity index (χ2v) is 6.47. The number of piperazine rings is 1. The smallest absolute Gasteiger partial charge is 0.107 e. The number of aromatic nitrogens is 1. The summed E-state index contributed by atoms with van der Waals surface area (Å²) in [6, 6.07) is 0. The van der Waals surface area contributed by atoms with Crippen LogP contribution >= 0.6 is 11.3 Å². The van der Waals surface area contributed by atoms with E-state index in [1.807, 2.05) is 11.3 Å². The Kier molecular flexibility index (Phi) is 4.28. The first-order valence-electron chi connectivity index (χ1n) is 7.29. The fourth-order valence-electron chi connectivity index (χ4n) is 3.04. The maximum Gasteiger partial charge on any atom is 0.107 e. The first kappa shape index (κ1) is 12.6. The number of hydrogen-bond acceptors (Lipinski definition) is 4. The molecule has 18 heavy (non-hydrogen) atoms. The van der Waals surface area contributed by atoms with Gasteiger partial charge in [-0.1, -0.05) is 19.3 Å². The zero-order chi connectivity index (χ0) is 12.2. The van der Waals surface area contributed by atoms with Gasteiger partial charge in [0.2, 0.25) is 0 Å². The van der Waals surface area contributed by atoms with Crippen LogP contribution in [0.1, 0.15) is 48.7 Å². The van der Waals surface area contributed by atoms with Gasteiger partial charge in [-0.2, -0.15) is 0 Å². The number of rotatable bonds is 3. The molecule has 1 aliphatic heterocycles. The van der Waals surface area contributed by atoms with Crippen molar-refractivity contribution in [1.82, 2.24) is 15.2 Å². The summed E-state index contributed by atoms with van der Waals surface area (Å²) in [5, 5.41) is 7.03. The van der Waals surface area contributed by atoms with E-state index in [0.29, 0.717) is 0 Å². The molecular weight excluding hydrogens is 242 g/mol. The maximum atomic E-state index is 4.88. The highest BCUT2D eigenvalue weighted by atomic mass is 32.1. The second kappa shape index (κ2) is 6.13. The molecule has 1 saturated heterocycles. The summed E-state index contributed by atoms with van der Waals surface area (Å²) >= 11 is 1.86. The molecule has 3 rings (SSSR count). The van der Waals surface area contributed by atoms with Crippen LogP contribution < -0.4 is 5.32 Å². The Morgan fingerprint density at radius 2 is 2.00 bits per heavy atom. The summed E-state index contributed by atoms with van der Waals surface area (Å²) in [6.45, 7) is 5.64. The van der Waals surface area contributed by atoms with E-state index in [2.05, 4.69) is 15.6 Å². The summed E-state index contributed by atoms with van der Waals surface area (Å²) in [6.07, 6.45) is 6.94. The van der Waals surface area contributed by atoms with E-state index in [0.717, 1.165) is 25.6 Å². The monoisotopic (exact) mass is 265 g/mol. The van der Waals surface area contributed by atoms with Crippen molar-refractivity contribution in [1.29, 1.82) is 0 Å². The van der Waals surface area contributed by atoms with Gasteiger partial charge in [-0.25, -0.2) is 4.98 Å². The fraction of sp³-hybridized carbons (Fsp3) is 0.786. The molecule has 3 nitrogen and oxygen atoms in total. The zero-order valence-corrected chi connectivity index (χ0v) is 11.8. The molecule has 0 radical (unpaired) electrons. The molecule has 0 amide bonds. The minimum atomic E-state index is 0.756. The zero-order valence-electron chi connectivity index (χ0n) is 11.0. The molecular formula is C14H23N3S. The largest absolute Gasteiger partial charge is 0.314 e. The third kappa shape index (κ3) is 3.11. The summed E-state index contributed by atoms with van der Waals surface area (Å²) in [5.74, 6) is 0.756. The van der Waals surface area contributed by atoms with Crippen molar-refractivity contribution in [3.05, 3.63) is 16.1 Å². The molecule has 0 aromatic carbocycles. The van der Waals surface area contributed by atoms with Gasteiger partial charge < -0.3 is 5.32 Å². The van der Waals surface area contributed by atoms with Crippen LogP contribution in [-0.4, -0.2) is 36.1 Å². The van der Waals surface area contributed by atoms with Crippen LogP contribution in [0.2, 0.25) is 0 Å². The van der Waals surface area contributed by atoms with E-state index in [1.165, 1.54) is 55.9 Å². The van der Waals surface area contributed by atoms with Crippen LogP contribution in [0, 0.1) is 0 Å². The Hall–Kier alpha value is -0.450. The minimum absolute atomic E-state index is 0.756. The Balaban J connectivity index is 1.58. The molecule has 2 heterocycles. The fourth-order valence-corrected chi connectivity index (χ4v) is 3.96. The number of hydrogen-bond donors (Lipinski definition) is 1. The van der Waals surface area contributed by atoms with Gasteiger partial charge in [-0.05, 0) is 12.8 Å². The van der Waals surface area contributed by atoms with Gasteiger partial charge in [-0.3, -0.25) is 4.90 Å². The predicted octanol–water partition coefficient (Wildman–Crippen LogP) is 2.60. The normalized spacial score (nSPS) is 23.3. The first-order valence-corrected chi connectivity index (χ1v) is 8.17.